The minimum absolute atomic E-state index is 0.152. The van der Waals surface area contributed by atoms with Crippen molar-refractivity contribution in [3.63, 3.8) is 0 Å². The van der Waals surface area contributed by atoms with Gasteiger partial charge in [0.15, 0.2) is 0 Å². The molecular formula is C9H19NO2. The van der Waals surface area contributed by atoms with E-state index in [9.17, 15) is 4.79 Å². The van der Waals surface area contributed by atoms with Crippen molar-refractivity contribution < 1.29 is 9.53 Å². The molecule has 1 fully saturated rings. The van der Waals surface area contributed by atoms with Gasteiger partial charge in [-0.2, -0.15) is 0 Å². The largest absolute Gasteiger partial charge is 0.380 e. The molecule has 1 aliphatic rings. The Morgan fingerprint density at radius 2 is 2.08 bits per heavy atom. The highest BCUT2D eigenvalue weighted by atomic mass is 16.5. The first-order chi connectivity index (χ1) is 5.74. The molecule has 1 amide bonds. The van der Waals surface area contributed by atoms with E-state index in [1.807, 2.05) is 18.7 Å². The summed E-state index contributed by atoms with van der Waals surface area (Å²) in [6, 6.07) is 0. The van der Waals surface area contributed by atoms with Crippen LogP contribution in [0.3, 0.4) is 0 Å². The molecule has 0 aromatic carbocycles. The quantitative estimate of drug-likeness (QED) is 0.598. The third-order valence-electron chi connectivity index (χ3n) is 1.92. The molecule has 1 unspecified atom stereocenters. The van der Waals surface area contributed by atoms with Crippen LogP contribution in [-0.2, 0) is 9.53 Å². The molecule has 3 heteroatoms. The molecule has 12 heavy (non-hydrogen) atoms. The minimum Gasteiger partial charge on any atom is -0.380 e. The second kappa shape index (κ2) is 6.00. The van der Waals surface area contributed by atoms with Gasteiger partial charge in [0.05, 0.1) is 6.10 Å². The molecule has 1 saturated heterocycles. The van der Waals surface area contributed by atoms with Crippen molar-refractivity contribution >= 4 is 5.91 Å². The van der Waals surface area contributed by atoms with E-state index in [0.717, 1.165) is 19.5 Å². The molecule has 0 spiro atoms. The Hall–Kier alpha value is -0.570. The molecule has 0 aromatic heterocycles. The van der Waals surface area contributed by atoms with Crippen molar-refractivity contribution in [1.29, 1.82) is 0 Å². The molecule has 1 atom stereocenters. The van der Waals surface area contributed by atoms with Gasteiger partial charge < -0.3 is 9.64 Å². The van der Waals surface area contributed by atoms with E-state index in [1.165, 1.54) is 0 Å². The van der Waals surface area contributed by atoms with Crippen molar-refractivity contribution in [1.82, 2.24) is 4.90 Å². The van der Waals surface area contributed by atoms with Crippen molar-refractivity contribution in [3.05, 3.63) is 0 Å². The van der Waals surface area contributed by atoms with Crippen LogP contribution in [0.25, 0.3) is 0 Å². The topological polar surface area (TPSA) is 29.5 Å². The van der Waals surface area contributed by atoms with Gasteiger partial charge in [-0.1, -0.05) is 13.8 Å². The normalized spacial score (nSPS) is 21.7. The fourth-order valence-corrected chi connectivity index (χ4v) is 1.21. The summed E-state index contributed by atoms with van der Waals surface area (Å²) in [7, 11) is 1.69. The fourth-order valence-electron chi connectivity index (χ4n) is 1.21. The lowest BCUT2D eigenvalue weighted by Gasteiger charge is -2.12. The minimum atomic E-state index is 0.152. The summed E-state index contributed by atoms with van der Waals surface area (Å²) in [5, 5.41) is 0. The summed E-state index contributed by atoms with van der Waals surface area (Å²) < 4.78 is 5.10. The Morgan fingerprint density at radius 1 is 1.50 bits per heavy atom. The lowest BCUT2D eigenvalue weighted by molar-refractivity contribution is -0.128. The number of amides is 1. The Bertz CT molecular complexity index is 136. The second-order valence-electron chi connectivity index (χ2n) is 2.61. The van der Waals surface area contributed by atoms with Crippen LogP contribution in [0.15, 0.2) is 0 Å². The average Bonchev–Trinajstić information content (AvgIpc) is 2.55. The van der Waals surface area contributed by atoms with Gasteiger partial charge in [-0.05, 0) is 6.42 Å². The molecule has 0 bridgehead atoms. The van der Waals surface area contributed by atoms with E-state index in [1.54, 1.807) is 14.0 Å². The number of methoxy groups -OCH3 is 1. The van der Waals surface area contributed by atoms with Gasteiger partial charge >= 0.3 is 0 Å². The van der Waals surface area contributed by atoms with Crippen LogP contribution in [0.1, 0.15) is 27.2 Å². The molecule has 1 rings (SSSR count). The molecule has 0 radical (unpaired) electrons. The molecule has 1 heterocycles. The van der Waals surface area contributed by atoms with Crippen LogP contribution in [0.4, 0.5) is 0 Å². The van der Waals surface area contributed by atoms with Crippen molar-refractivity contribution in [3.8, 4) is 0 Å². The number of likely N-dealkylation sites (tertiary alicyclic amines) is 1. The summed E-state index contributed by atoms with van der Waals surface area (Å²) >= 11 is 0. The molecule has 0 aliphatic carbocycles. The number of hydrogen-bond acceptors (Lipinski definition) is 2. The number of ether oxygens (including phenoxy) is 1. The number of nitrogens with zero attached hydrogens (tertiary/aromatic N) is 1. The summed E-state index contributed by atoms with van der Waals surface area (Å²) in [4.78, 5) is 12.6. The van der Waals surface area contributed by atoms with Gasteiger partial charge in [0.2, 0.25) is 5.91 Å². The number of hydrogen-bond donors (Lipinski definition) is 0. The SMILES string of the molecule is CC.COC1CCN(C(C)=O)C1. The average molecular weight is 173 g/mol. The zero-order valence-corrected chi connectivity index (χ0v) is 8.46. The van der Waals surface area contributed by atoms with Gasteiger partial charge in [0.25, 0.3) is 0 Å². The molecule has 0 N–H and O–H groups in total. The van der Waals surface area contributed by atoms with Crippen LogP contribution in [0.5, 0.6) is 0 Å². The maximum atomic E-state index is 10.8. The zero-order chi connectivity index (χ0) is 9.56. The lowest BCUT2D eigenvalue weighted by Crippen LogP contribution is -2.27. The Labute approximate surface area is 74.7 Å². The number of carbonyl (C=O) groups is 1. The molecule has 72 valence electrons. The van der Waals surface area contributed by atoms with E-state index in [4.69, 9.17) is 4.74 Å². The highest BCUT2D eigenvalue weighted by Gasteiger charge is 2.23. The summed E-state index contributed by atoms with van der Waals surface area (Å²) in [5.41, 5.74) is 0. The Morgan fingerprint density at radius 3 is 2.33 bits per heavy atom. The van der Waals surface area contributed by atoms with Gasteiger partial charge in [0, 0.05) is 27.1 Å². The van der Waals surface area contributed by atoms with Gasteiger partial charge in [-0.3, -0.25) is 4.79 Å². The van der Waals surface area contributed by atoms with Crippen LogP contribution in [0.2, 0.25) is 0 Å². The lowest BCUT2D eigenvalue weighted by atomic mass is 10.3. The first-order valence-corrected chi connectivity index (χ1v) is 4.52. The first-order valence-electron chi connectivity index (χ1n) is 4.52. The monoisotopic (exact) mass is 173 g/mol. The number of rotatable bonds is 1. The van der Waals surface area contributed by atoms with E-state index in [0.29, 0.717) is 0 Å². The predicted octanol–water partition coefficient (Wildman–Crippen LogP) is 1.28. The highest BCUT2D eigenvalue weighted by Crippen LogP contribution is 2.10. The second-order valence-corrected chi connectivity index (χ2v) is 2.61. The van der Waals surface area contributed by atoms with E-state index < -0.39 is 0 Å². The van der Waals surface area contributed by atoms with Crippen molar-refractivity contribution in [2.45, 2.75) is 33.3 Å². The maximum absolute atomic E-state index is 10.8. The molecule has 0 saturated carbocycles. The maximum Gasteiger partial charge on any atom is 0.219 e. The molecule has 3 nitrogen and oxygen atoms in total. The predicted molar refractivity (Wildman–Crippen MR) is 49.0 cm³/mol. The van der Waals surface area contributed by atoms with Crippen LogP contribution in [0, 0.1) is 0 Å². The van der Waals surface area contributed by atoms with E-state index in [2.05, 4.69) is 0 Å². The summed E-state index contributed by atoms with van der Waals surface area (Å²) in [6.45, 7) is 7.22. The smallest absolute Gasteiger partial charge is 0.219 e. The van der Waals surface area contributed by atoms with E-state index >= 15 is 0 Å². The van der Waals surface area contributed by atoms with Crippen LogP contribution >= 0.6 is 0 Å². The van der Waals surface area contributed by atoms with Crippen LogP contribution < -0.4 is 0 Å². The third kappa shape index (κ3) is 3.22. The van der Waals surface area contributed by atoms with Gasteiger partial charge in [0.1, 0.15) is 0 Å². The molecular weight excluding hydrogens is 154 g/mol. The standard InChI is InChI=1S/C7H13NO2.C2H6/c1-6(9)8-4-3-7(5-8)10-2;1-2/h7H,3-5H2,1-2H3;1-2H3. The summed E-state index contributed by atoms with van der Waals surface area (Å²) in [6.07, 6.45) is 1.25. The van der Waals surface area contributed by atoms with Crippen molar-refractivity contribution in [2.24, 2.45) is 0 Å². The Balaban J connectivity index is 0.000000561. The van der Waals surface area contributed by atoms with Gasteiger partial charge in [-0.25, -0.2) is 0 Å². The van der Waals surface area contributed by atoms with Gasteiger partial charge in [-0.15, -0.1) is 0 Å². The molecule has 0 aromatic rings. The number of carbonyl (C=O) groups excluding carboxylic acids is 1. The first kappa shape index (κ1) is 11.4. The van der Waals surface area contributed by atoms with E-state index in [-0.39, 0.29) is 12.0 Å². The zero-order valence-electron chi connectivity index (χ0n) is 8.46. The van der Waals surface area contributed by atoms with Crippen molar-refractivity contribution in [2.75, 3.05) is 20.2 Å². The molecule has 1 aliphatic heterocycles. The summed E-state index contributed by atoms with van der Waals surface area (Å²) in [5.74, 6) is 0.152. The highest BCUT2D eigenvalue weighted by molar-refractivity contribution is 5.73. The third-order valence-corrected chi connectivity index (χ3v) is 1.92. The fraction of sp³-hybridized carbons (Fsp3) is 0.889. The Kier molecular flexibility index (Phi) is 5.72. The van der Waals surface area contributed by atoms with Crippen LogP contribution in [-0.4, -0.2) is 37.1 Å².